The van der Waals surface area contributed by atoms with E-state index in [-0.39, 0.29) is 34.1 Å². The predicted octanol–water partition coefficient (Wildman–Crippen LogP) is 4.25. The standard InChI is InChI=1S/C21H15ClF2N6O2/c1-26-18-14(6-11(22)7-17(18)32-21(23)24)19-15(9-27-30(19)2)10-3-4-12-13(5-10)16(8-25)28-29-20(12)31/h3-7,9,21H,8,25H2,2H3,(H,29,31). The van der Waals surface area contributed by atoms with Gasteiger partial charge in [0.25, 0.3) is 5.56 Å². The summed E-state index contributed by atoms with van der Waals surface area (Å²) in [5, 5.41) is 11.8. The predicted molar refractivity (Wildman–Crippen MR) is 116 cm³/mol. The van der Waals surface area contributed by atoms with Crippen LogP contribution in [0.15, 0.2) is 41.3 Å². The van der Waals surface area contributed by atoms with E-state index in [1.165, 1.54) is 16.8 Å². The van der Waals surface area contributed by atoms with E-state index >= 15 is 0 Å². The monoisotopic (exact) mass is 456 g/mol. The number of rotatable bonds is 5. The quantitative estimate of drug-likeness (QED) is 0.437. The molecule has 3 N–H and O–H groups in total. The van der Waals surface area contributed by atoms with Crippen molar-refractivity contribution in [2.24, 2.45) is 12.8 Å². The minimum absolute atomic E-state index is 0.112. The van der Waals surface area contributed by atoms with Crippen LogP contribution >= 0.6 is 11.6 Å². The number of nitrogens with two attached hydrogens (primary N) is 1. The number of H-pyrrole nitrogens is 1. The molecule has 0 fully saturated rings. The third kappa shape index (κ3) is 3.68. The molecule has 0 unspecified atom stereocenters. The van der Waals surface area contributed by atoms with Gasteiger partial charge in [-0.2, -0.15) is 19.0 Å². The van der Waals surface area contributed by atoms with Crippen molar-refractivity contribution in [3.63, 3.8) is 0 Å². The highest BCUT2D eigenvalue weighted by Crippen LogP contribution is 2.44. The van der Waals surface area contributed by atoms with Crippen molar-refractivity contribution in [2.45, 2.75) is 13.2 Å². The number of nitrogens with one attached hydrogen (secondary N) is 1. The maximum absolute atomic E-state index is 12.9. The fourth-order valence-corrected chi connectivity index (χ4v) is 3.78. The van der Waals surface area contributed by atoms with Gasteiger partial charge < -0.3 is 10.5 Å². The first-order chi connectivity index (χ1) is 15.3. The van der Waals surface area contributed by atoms with E-state index in [4.69, 9.17) is 23.9 Å². The Morgan fingerprint density at radius 2 is 2.06 bits per heavy atom. The van der Waals surface area contributed by atoms with Crippen LogP contribution in [0.25, 0.3) is 38.0 Å². The molecule has 4 rings (SSSR count). The number of ether oxygens (including phenoxy) is 1. The van der Waals surface area contributed by atoms with Crippen LogP contribution in [0.5, 0.6) is 5.75 Å². The Hall–Kier alpha value is -3.81. The van der Waals surface area contributed by atoms with E-state index in [0.717, 1.165) is 0 Å². The lowest BCUT2D eigenvalue weighted by atomic mass is 9.97. The summed E-state index contributed by atoms with van der Waals surface area (Å²) in [7, 11) is 1.65. The first-order valence-corrected chi connectivity index (χ1v) is 9.61. The van der Waals surface area contributed by atoms with Crippen molar-refractivity contribution in [3.05, 3.63) is 69.0 Å². The van der Waals surface area contributed by atoms with Crippen molar-refractivity contribution in [1.29, 1.82) is 0 Å². The smallest absolute Gasteiger partial charge is 0.386 e. The molecule has 0 aliphatic heterocycles. The number of fused-ring (bicyclic) bond motifs is 1. The van der Waals surface area contributed by atoms with E-state index < -0.39 is 6.61 Å². The Bertz CT molecular complexity index is 1440. The van der Waals surface area contributed by atoms with Crippen LogP contribution in [0.3, 0.4) is 0 Å². The summed E-state index contributed by atoms with van der Waals surface area (Å²) in [5.41, 5.74) is 7.79. The zero-order valence-corrected chi connectivity index (χ0v) is 17.3. The van der Waals surface area contributed by atoms with Gasteiger partial charge in [-0.1, -0.05) is 17.7 Å². The molecule has 32 heavy (non-hydrogen) atoms. The topological polar surface area (TPSA) is 103 Å². The second-order valence-corrected chi connectivity index (χ2v) is 7.22. The molecule has 4 aromatic rings. The van der Waals surface area contributed by atoms with Gasteiger partial charge in [0.15, 0.2) is 0 Å². The highest BCUT2D eigenvalue weighted by Gasteiger charge is 2.22. The zero-order valence-electron chi connectivity index (χ0n) is 16.6. The first-order valence-electron chi connectivity index (χ1n) is 9.24. The fourth-order valence-electron chi connectivity index (χ4n) is 3.57. The van der Waals surface area contributed by atoms with Gasteiger partial charge in [-0.15, -0.1) is 0 Å². The Kier molecular flexibility index (Phi) is 5.61. The minimum Gasteiger partial charge on any atom is -0.447 e. The SMILES string of the molecule is [C-]#[N+]c1c(OC(F)F)cc(Cl)cc1-c1c(-c2ccc3c(=O)[nH]nc(CN)c3c2)cnn1C. The van der Waals surface area contributed by atoms with Crippen molar-refractivity contribution in [1.82, 2.24) is 20.0 Å². The molecule has 0 atom stereocenters. The van der Waals surface area contributed by atoms with E-state index in [1.807, 2.05) is 0 Å². The van der Waals surface area contributed by atoms with Crippen molar-refractivity contribution in [3.8, 4) is 28.1 Å². The third-order valence-corrected chi connectivity index (χ3v) is 5.15. The molecule has 162 valence electrons. The third-order valence-electron chi connectivity index (χ3n) is 4.93. The summed E-state index contributed by atoms with van der Waals surface area (Å²) in [6.45, 7) is 4.53. The Morgan fingerprint density at radius 3 is 2.75 bits per heavy atom. The average molecular weight is 457 g/mol. The van der Waals surface area contributed by atoms with E-state index in [0.29, 0.717) is 33.3 Å². The number of aryl methyl sites for hydroxylation is 1. The fraction of sp³-hybridized carbons (Fsp3) is 0.143. The highest BCUT2D eigenvalue weighted by atomic mass is 35.5. The molecular formula is C21H15ClF2N6O2. The Labute approximate surface area is 185 Å². The molecular weight excluding hydrogens is 442 g/mol. The van der Waals surface area contributed by atoms with Gasteiger partial charge in [0, 0.05) is 35.1 Å². The van der Waals surface area contributed by atoms with Gasteiger partial charge >= 0.3 is 6.61 Å². The number of hydrogen-bond acceptors (Lipinski definition) is 5. The largest absolute Gasteiger partial charge is 0.447 e. The second kappa shape index (κ2) is 8.37. The van der Waals surface area contributed by atoms with E-state index in [9.17, 15) is 13.6 Å². The maximum Gasteiger partial charge on any atom is 0.386 e. The molecule has 0 aliphatic carbocycles. The van der Waals surface area contributed by atoms with E-state index in [2.05, 4.69) is 24.9 Å². The number of benzene rings is 2. The lowest BCUT2D eigenvalue weighted by Gasteiger charge is -2.14. The summed E-state index contributed by atoms with van der Waals surface area (Å²) in [4.78, 5) is 15.5. The Morgan fingerprint density at radius 1 is 1.28 bits per heavy atom. The number of alkyl halides is 2. The molecule has 0 amide bonds. The van der Waals surface area contributed by atoms with Gasteiger partial charge in [0.1, 0.15) is 5.75 Å². The van der Waals surface area contributed by atoms with Crippen LogP contribution in [0.1, 0.15) is 5.69 Å². The second-order valence-electron chi connectivity index (χ2n) is 6.78. The highest BCUT2D eigenvalue weighted by molar-refractivity contribution is 6.31. The summed E-state index contributed by atoms with van der Waals surface area (Å²) >= 11 is 6.15. The molecule has 0 saturated carbocycles. The van der Waals surface area contributed by atoms with Crippen LogP contribution in [0.4, 0.5) is 14.5 Å². The molecule has 11 heteroatoms. The van der Waals surface area contributed by atoms with Gasteiger partial charge in [0.2, 0.25) is 5.69 Å². The molecule has 0 saturated heterocycles. The molecule has 2 aromatic heterocycles. The first kappa shape index (κ1) is 21.4. The summed E-state index contributed by atoms with van der Waals surface area (Å²) in [6.07, 6.45) is 1.57. The summed E-state index contributed by atoms with van der Waals surface area (Å²) in [5.74, 6) is -0.329. The molecule has 0 bridgehead atoms. The molecule has 0 radical (unpaired) electrons. The minimum atomic E-state index is -3.12. The average Bonchev–Trinajstić information content (AvgIpc) is 3.14. The number of aromatic amines is 1. The summed E-state index contributed by atoms with van der Waals surface area (Å²) in [6, 6.07) is 7.77. The van der Waals surface area contributed by atoms with Crippen LogP contribution in [0, 0.1) is 6.57 Å². The van der Waals surface area contributed by atoms with Gasteiger partial charge in [-0.25, -0.2) is 9.94 Å². The normalized spacial score (nSPS) is 11.2. The number of halogens is 3. The van der Waals surface area contributed by atoms with Crippen molar-refractivity contribution >= 4 is 28.1 Å². The Balaban J connectivity index is 1.98. The van der Waals surface area contributed by atoms with Gasteiger partial charge in [0.05, 0.1) is 29.5 Å². The van der Waals surface area contributed by atoms with Crippen LogP contribution in [-0.2, 0) is 13.6 Å². The van der Waals surface area contributed by atoms with Crippen molar-refractivity contribution in [2.75, 3.05) is 0 Å². The van der Waals surface area contributed by atoms with E-state index in [1.54, 1.807) is 31.4 Å². The van der Waals surface area contributed by atoms with Crippen LogP contribution < -0.4 is 16.0 Å². The molecule has 8 nitrogen and oxygen atoms in total. The lowest BCUT2D eigenvalue weighted by molar-refractivity contribution is -0.0492. The van der Waals surface area contributed by atoms with Gasteiger partial charge in [-0.3, -0.25) is 9.48 Å². The zero-order chi connectivity index (χ0) is 23.0. The molecule has 0 spiro atoms. The van der Waals surface area contributed by atoms with Crippen molar-refractivity contribution < 1.29 is 13.5 Å². The number of aromatic nitrogens is 4. The van der Waals surface area contributed by atoms with Crippen LogP contribution in [-0.4, -0.2) is 26.6 Å². The number of hydrogen-bond donors (Lipinski definition) is 2. The maximum atomic E-state index is 12.9. The molecule has 2 aromatic carbocycles. The molecule has 2 heterocycles. The van der Waals surface area contributed by atoms with Gasteiger partial charge in [-0.05, 0) is 29.8 Å². The summed E-state index contributed by atoms with van der Waals surface area (Å²) < 4.78 is 31.8. The lowest BCUT2D eigenvalue weighted by Crippen LogP contribution is -2.13. The molecule has 0 aliphatic rings. The van der Waals surface area contributed by atoms with Crippen LogP contribution in [0.2, 0.25) is 5.02 Å². The number of nitrogens with zero attached hydrogens (tertiary/aromatic N) is 4.